The Kier molecular flexibility index (Phi) is 4.92. The Labute approximate surface area is 143 Å². The minimum Gasteiger partial charge on any atom is -0.497 e. The molecular weight excluding hydrogens is 399 g/mol. The Bertz CT molecular complexity index is 698. The van der Waals surface area contributed by atoms with Crippen LogP contribution in [0.15, 0.2) is 53.0 Å². The second-order valence-corrected chi connectivity index (χ2v) is 5.93. The molecule has 0 heterocycles. The lowest BCUT2D eigenvalue weighted by Gasteiger charge is -2.37. The van der Waals surface area contributed by atoms with Gasteiger partial charge in [-0.3, -0.25) is 0 Å². The van der Waals surface area contributed by atoms with Crippen LogP contribution in [0.1, 0.15) is 11.1 Å². The highest BCUT2D eigenvalue weighted by Gasteiger charge is 2.71. The summed E-state index contributed by atoms with van der Waals surface area (Å²) >= 11 is 3.07. The Balaban J connectivity index is 2.71. The summed E-state index contributed by atoms with van der Waals surface area (Å²) in [6.45, 7) is 0. The van der Waals surface area contributed by atoms with E-state index in [4.69, 9.17) is 4.74 Å². The zero-order chi connectivity index (χ0) is 18.2. The van der Waals surface area contributed by atoms with E-state index in [1.54, 1.807) is 0 Å². The molecule has 0 fully saturated rings. The van der Waals surface area contributed by atoms with Crippen LogP contribution in [0.5, 0.6) is 5.75 Å². The van der Waals surface area contributed by atoms with E-state index in [-0.39, 0.29) is 5.75 Å². The van der Waals surface area contributed by atoms with Crippen molar-refractivity contribution in [3.8, 4) is 5.75 Å². The van der Waals surface area contributed by atoms with Gasteiger partial charge in [-0.2, -0.15) is 22.0 Å². The van der Waals surface area contributed by atoms with Gasteiger partial charge in [0, 0.05) is 4.47 Å². The second kappa shape index (κ2) is 6.33. The highest BCUT2D eigenvalue weighted by atomic mass is 79.9. The number of benzene rings is 2. The fourth-order valence-corrected chi connectivity index (χ4v) is 2.52. The third-order valence-electron chi connectivity index (χ3n) is 3.58. The third kappa shape index (κ3) is 3.00. The average Bonchev–Trinajstić information content (AvgIpc) is 2.53. The molecule has 2 aromatic carbocycles. The lowest BCUT2D eigenvalue weighted by molar-refractivity contribution is -0.336. The summed E-state index contributed by atoms with van der Waals surface area (Å²) in [7, 11) is 1.32. The van der Waals surface area contributed by atoms with Gasteiger partial charge in [0.2, 0.25) is 0 Å². The van der Waals surface area contributed by atoms with Crippen molar-refractivity contribution >= 4 is 15.9 Å². The summed E-state index contributed by atoms with van der Waals surface area (Å²) in [5, 5.41) is 10.5. The van der Waals surface area contributed by atoms with Crippen molar-refractivity contribution in [3.63, 3.8) is 0 Å². The molecule has 24 heavy (non-hydrogen) atoms. The molecule has 2 aromatic rings. The van der Waals surface area contributed by atoms with Gasteiger partial charge < -0.3 is 9.84 Å². The average molecular weight is 411 g/mol. The van der Waals surface area contributed by atoms with Crippen molar-refractivity contribution in [3.05, 3.63) is 64.1 Å². The number of methoxy groups -OCH3 is 1. The van der Waals surface area contributed by atoms with E-state index in [9.17, 15) is 27.1 Å². The first-order chi connectivity index (χ1) is 11.0. The Morgan fingerprint density at radius 2 is 1.25 bits per heavy atom. The Morgan fingerprint density at radius 1 is 0.833 bits per heavy atom. The van der Waals surface area contributed by atoms with Gasteiger partial charge in [-0.1, -0.05) is 40.2 Å². The van der Waals surface area contributed by atoms with Crippen LogP contribution in [-0.4, -0.2) is 24.3 Å². The van der Waals surface area contributed by atoms with Crippen LogP contribution in [0, 0.1) is 0 Å². The molecule has 1 N–H and O–H groups in total. The zero-order valence-electron chi connectivity index (χ0n) is 12.2. The predicted octanol–water partition coefficient (Wildman–Crippen LogP) is 4.89. The molecule has 1 unspecified atom stereocenters. The normalized spacial score (nSPS) is 15.0. The van der Waals surface area contributed by atoms with E-state index >= 15 is 0 Å². The molecule has 0 aliphatic heterocycles. The number of alkyl halides is 5. The molecule has 0 spiro atoms. The number of hydrogen-bond donors (Lipinski definition) is 1. The smallest absolute Gasteiger partial charge is 0.457 e. The summed E-state index contributed by atoms with van der Waals surface area (Å²) in [4.78, 5) is 0. The molecule has 0 aliphatic carbocycles. The maximum Gasteiger partial charge on any atom is 0.457 e. The Morgan fingerprint density at radius 3 is 1.62 bits per heavy atom. The van der Waals surface area contributed by atoms with Crippen molar-refractivity contribution in [2.24, 2.45) is 0 Å². The van der Waals surface area contributed by atoms with E-state index in [1.165, 1.54) is 31.4 Å². The second-order valence-electron chi connectivity index (χ2n) is 5.02. The molecule has 0 saturated carbocycles. The van der Waals surface area contributed by atoms with E-state index in [0.717, 1.165) is 24.3 Å². The summed E-state index contributed by atoms with van der Waals surface area (Å²) < 4.78 is 72.7. The molecule has 0 aliphatic rings. The highest BCUT2D eigenvalue weighted by Crippen LogP contribution is 2.51. The summed E-state index contributed by atoms with van der Waals surface area (Å²) in [6, 6.07) is 8.91. The number of ether oxygens (including phenoxy) is 1. The van der Waals surface area contributed by atoms with Crippen LogP contribution in [-0.2, 0) is 5.60 Å². The van der Waals surface area contributed by atoms with Gasteiger partial charge in [0.25, 0.3) is 0 Å². The molecule has 0 bridgehead atoms. The predicted molar refractivity (Wildman–Crippen MR) is 81.1 cm³/mol. The first-order valence-electron chi connectivity index (χ1n) is 6.61. The molecule has 0 amide bonds. The molecular formula is C16H12BrF5O2. The standard InChI is InChI=1S/C16H12BrF5O2/c1-24-13-8-4-11(5-9-13)14(23,15(18,19)16(20,21)22)10-2-6-12(17)7-3-10/h2-9,23H,1H3. The van der Waals surface area contributed by atoms with Gasteiger partial charge in [0.15, 0.2) is 5.60 Å². The SMILES string of the molecule is COc1ccc(C(O)(c2ccc(Br)cc2)C(F)(F)C(F)(F)F)cc1. The van der Waals surface area contributed by atoms with Crippen LogP contribution >= 0.6 is 15.9 Å². The maximum absolute atomic E-state index is 14.2. The fourth-order valence-electron chi connectivity index (χ4n) is 2.26. The molecule has 0 radical (unpaired) electrons. The van der Waals surface area contributed by atoms with E-state index in [1.807, 2.05) is 0 Å². The van der Waals surface area contributed by atoms with Crippen molar-refractivity contribution in [1.82, 2.24) is 0 Å². The molecule has 8 heteroatoms. The lowest BCUT2D eigenvalue weighted by Crippen LogP contribution is -2.55. The van der Waals surface area contributed by atoms with Crippen LogP contribution in [0.25, 0.3) is 0 Å². The highest BCUT2D eigenvalue weighted by molar-refractivity contribution is 9.10. The molecule has 0 aromatic heterocycles. The van der Waals surface area contributed by atoms with Crippen LogP contribution in [0.4, 0.5) is 22.0 Å². The van der Waals surface area contributed by atoms with E-state index in [2.05, 4.69) is 15.9 Å². The summed E-state index contributed by atoms with van der Waals surface area (Å²) in [5.74, 6) is -5.16. The molecule has 2 nitrogen and oxygen atoms in total. The lowest BCUT2D eigenvalue weighted by atomic mass is 9.80. The summed E-state index contributed by atoms with van der Waals surface area (Å²) in [6.07, 6.45) is -5.95. The van der Waals surface area contributed by atoms with Gasteiger partial charge in [-0.05, 0) is 35.4 Å². The number of aliphatic hydroxyl groups is 1. The minimum atomic E-state index is -5.95. The van der Waals surface area contributed by atoms with Crippen molar-refractivity contribution in [1.29, 1.82) is 0 Å². The van der Waals surface area contributed by atoms with Crippen LogP contribution in [0.2, 0.25) is 0 Å². The first-order valence-corrected chi connectivity index (χ1v) is 7.41. The van der Waals surface area contributed by atoms with Crippen molar-refractivity contribution < 1.29 is 31.8 Å². The van der Waals surface area contributed by atoms with Crippen molar-refractivity contribution in [2.75, 3.05) is 7.11 Å². The largest absolute Gasteiger partial charge is 0.497 e. The van der Waals surface area contributed by atoms with Crippen molar-refractivity contribution in [2.45, 2.75) is 17.7 Å². The quantitative estimate of drug-likeness (QED) is 0.727. The molecule has 130 valence electrons. The topological polar surface area (TPSA) is 29.5 Å². The number of rotatable bonds is 4. The third-order valence-corrected chi connectivity index (χ3v) is 4.11. The molecule has 0 saturated heterocycles. The minimum absolute atomic E-state index is 0.257. The number of hydrogen-bond acceptors (Lipinski definition) is 2. The van der Waals surface area contributed by atoms with Gasteiger partial charge in [0.1, 0.15) is 5.75 Å². The molecule has 2 rings (SSSR count). The number of halogens is 6. The van der Waals surface area contributed by atoms with Crippen LogP contribution < -0.4 is 4.74 Å². The van der Waals surface area contributed by atoms with Gasteiger partial charge in [-0.15, -0.1) is 0 Å². The Hall–Kier alpha value is -1.67. The monoisotopic (exact) mass is 410 g/mol. The first kappa shape index (κ1) is 18.7. The fraction of sp³-hybridized carbons (Fsp3) is 0.250. The van der Waals surface area contributed by atoms with Gasteiger partial charge >= 0.3 is 12.1 Å². The van der Waals surface area contributed by atoms with Crippen LogP contribution in [0.3, 0.4) is 0 Å². The molecule has 1 atom stereocenters. The zero-order valence-corrected chi connectivity index (χ0v) is 13.8. The van der Waals surface area contributed by atoms with E-state index < -0.39 is 28.8 Å². The maximum atomic E-state index is 14.2. The van der Waals surface area contributed by atoms with Gasteiger partial charge in [-0.25, -0.2) is 0 Å². The van der Waals surface area contributed by atoms with E-state index in [0.29, 0.717) is 4.47 Å². The van der Waals surface area contributed by atoms with Gasteiger partial charge in [0.05, 0.1) is 7.11 Å². The summed E-state index contributed by atoms with van der Waals surface area (Å²) in [5.41, 5.74) is -4.77.